The van der Waals surface area contributed by atoms with E-state index in [-0.39, 0.29) is 0 Å². The quantitative estimate of drug-likeness (QED) is 0.870. The van der Waals surface area contributed by atoms with E-state index in [0.29, 0.717) is 6.54 Å². The number of ether oxygens (including phenoxy) is 2. The van der Waals surface area contributed by atoms with Crippen LogP contribution in [-0.4, -0.2) is 13.7 Å². The van der Waals surface area contributed by atoms with E-state index in [1.807, 2.05) is 30.3 Å². The highest BCUT2D eigenvalue weighted by Crippen LogP contribution is 2.27. The largest absolute Gasteiger partial charge is 0.457 e. The summed E-state index contributed by atoms with van der Waals surface area (Å²) in [6.07, 6.45) is 0.910. The normalized spacial score (nSPS) is 10.6. The summed E-state index contributed by atoms with van der Waals surface area (Å²) >= 11 is 3.49. The second-order valence-electron chi connectivity index (χ2n) is 4.45. The molecule has 3 nitrogen and oxygen atoms in total. The summed E-state index contributed by atoms with van der Waals surface area (Å²) in [4.78, 5) is 0. The summed E-state index contributed by atoms with van der Waals surface area (Å²) in [6, 6.07) is 13.9. The van der Waals surface area contributed by atoms with Crippen molar-refractivity contribution in [3.63, 3.8) is 0 Å². The number of rotatable bonds is 6. The lowest BCUT2D eigenvalue weighted by atomic mass is 10.1. The standard InChI is InChI=1S/C16H18BrNO2/c1-19-9-8-12-2-5-14(6-3-12)20-15-7-4-13(11-18)16(17)10-15/h2-7,10H,8-9,11,18H2,1H3. The maximum Gasteiger partial charge on any atom is 0.128 e. The molecule has 2 aromatic rings. The topological polar surface area (TPSA) is 44.5 Å². The number of nitrogens with two attached hydrogens (primary N) is 1. The molecule has 0 atom stereocenters. The van der Waals surface area contributed by atoms with E-state index in [1.165, 1.54) is 5.56 Å². The minimum Gasteiger partial charge on any atom is -0.457 e. The van der Waals surface area contributed by atoms with Crippen LogP contribution < -0.4 is 10.5 Å². The van der Waals surface area contributed by atoms with Crippen molar-refractivity contribution in [3.8, 4) is 11.5 Å². The molecule has 0 saturated heterocycles. The molecule has 4 heteroatoms. The fraction of sp³-hybridized carbons (Fsp3) is 0.250. The third-order valence-corrected chi connectivity index (χ3v) is 3.74. The predicted molar refractivity (Wildman–Crippen MR) is 84.1 cm³/mol. The van der Waals surface area contributed by atoms with Gasteiger partial charge in [-0.05, 0) is 41.8 Å². The maximum absolute atomic E-state index is 5.82. The molecular weight excluding hydrogens is 318 g/mol. The molecule has 0 bridgehead atoms. The fourth-order valence-electron chi connectivity index (χ4n) is 1.84. The van der Waals surface area contributed by atoms with E-state index in [0.717, 1.165) is 34.6 Å². The Bertz CT molecular complexity index is 555. The van der Waals surface area contributed by atoms with Crippen LogP contribution in [0.5, 0.6) is 11.5 Å². The van der Waals surface area contributed by atoms with Gasteiger partial charge in [0.05, 0.1) is 6.61 Å². The van der Waals surface area contributed by atoms with E-state index in [9.17, 15) is 0 Å². The van der Waals surface area contributed by atoms with E-state index in [4.69, 9.17) is 15.2 Å². The molecule has 106 valence electrons. The van der Waals surface area contributed by atoms with Gasteiger partial charge in [0.2, 0.25) is 0 Å². The number of halogens is 1. The van der Waals surface area contributed by atoms with Crippen LogP contribution in [0.1, 0.15) is 11.1 Å². The first-order valence-corrected chi connectivity index (χ1v) is 7.26. The van der Waals surface area contributed by atoms with Crippen LogP contribution in [-0.2, 0) is 17.7 Å². The van der Waals surface area contributed by atoms with Crippen LogP contribution in [0, 0.1) is 0 Å². The third-order valence-electron chi connectivity index (χ3n) is 3.00. The molecule has 20 heavy (non-hydrogen) atoms. The van der Waals surface area contributed by atoms with Gasteiger partial charge in [-0.3, -0.25) is 0 Å². The number of benzene rings is 2. The van der Waals surface area contributed by atoms with Crippen molar-refractivity contribution in [1.82, 2.24) is 0 Å². The molecule has 0 aliphatic heterocycles. The second kappa shape index (κ2) is 7.43. The predicted octanol–water partition coefficient (Wildman–Crippen LogP) is 3.89. The number of hydrogen-bond acceptors (Lipinski definition) is 3. The first-order chi connectivity index (χ1) is 9.72. The minimum absolute atomic E-state index is 0.509. The highest BCUT2D eigenvalue weighted by molar-refractivity contribution is 9.10. The molecule has 0 spiro atoms. The smallest absolute Gasteiger partial charge is 0.128 e. The Morgan fingerprint density at radius 1 is 1.05 bits per heavy atom. The molecular formula is C16H18BrNO2. The molecule has 0 unspecified atom stereocenters. The summed E-state index contributed by atoms with van der Waals surface area (Å²) in [5.74, 6) is 1.61. The number of hydrogen-bond donors (Lipinski definition) is 1. The SMILES string of the molecule is COCCc1ccc(Oc2ccc(CN)c(Br)c2)cc1. The zero-order valence-electron chi connectivity index (χ0n) is 11.4. The summed E-state index contributed by atoms with van der Waals surface area (Å²) in [5, 5.41) is 0. The van der Waals surface area contributed by atoms with Gasteiger partial charge in [-0.25, -0.2) is 0 Å². The summed E-state index contributed by atoms with van der Waals surface area (Å²) in [5.41, 5.74) is 7.93. The fourth-order valence-corrected chi connectivity index (χ4v) is 2.36. The van der Waals surface area contributed by atoms with E-state index in [2.05, 4.69) is 28.1 Å². The molecule has 2 rings (SSSR count). The van der Waals surface area contributed by atoms with Crippen LogP contribution in [0.25, 0.3) is 0 Å². The lowest BCUT2D eigenvalue weighted by Crippen LogP contribution is -1.97. The Balaban J connectivity index is 2.04. The average molecular weight is 336 g/mol. The van der Waals surface area contributed by atoms with E-state index >= 15 is 0 Å². The van der Waals surface area contributed by atoms with E-state index < -0.39 is 0 Å². The maximum atomic E-state index is 5.82. The van der Waals surface area contributed by atoms with Gasteiger partial charge in [-0.2, -0.15) is 0 Å². The van der Waals surface area contributed by atoms with Crippen molar-refractivity contribution < 1.29 is 9.47 Å². The number of methoxy groups -OCH3 is 1. The van der Waals surface area contributed by atoms with Crippen LogP contribution in [0.2, 0.25) is 0 Å². The Hall–Kier alpha value is -1.36. The van der Waals surface area contributed by atoms with Gasteiger partial charge in [-0.1, -0.05) is 34.1 Å². The molecule has 0 aromatic heterocycles. The van der Waals surface area contributed by atoms with Gasteiger partial charge in [0.15, 0.2) is 0 Å². The first-order valence-electron chi connectivity index (χ1n) is 6.47. The molecule has 0 aliphatic carbocycles. The van der Waals surface area contributed by atoms with Crippen LogP contribution in [0.15, 0.2) is 46.9 Å². The lowest BCUT2D eigenvalue weighted by molar-refractivity contribution is 0.202. The molecule has 0 amide bonds. The molecule has 2 aromatic carbocycles. The first kappa shape index (κ1) is 15.0. The zero-order chi connectivity index (χ0) is 14.4. The Labute approximate surface area is 127 Å². The molecule has 0 saturated carbocycles. The summed E-state index contributed by atoms with van der Waals surface area (Å²) in [7, 11) is 1.71. The average Bonchev–Trinajstić information content (AvgIpc) is 2.47. The van der Waals surface area contributed by atoms with Gasteiger partial charge < -0.3 is 15.2 Å². The van der Waals surface area contributed by atoms with Crippen molar-refractivity contribution in [1.29, 1.82) is 0 Å². The van der Waals surface area contributed by atoms with Gasteiger partial charge in [0, 0.05) is 18.1 Å². The van der Waals surface area contributed by atoms with Crippen molar-refractivity contribution in [2.75, 3.05) is 13.7 Å². The van der Waals surface area contributed by atoms with Gasteiger partial charge >= 0.3 is 0 Å². The van der Waals surface area contributed by atoms with Crippen LogP contribution >= 0.6 is 15.9 Å². The van der Waals surface area contributed by atoms with Crippen LogP contribution in [0.3, 0.4) is 0 Å². The minimum atomic E-state index is 0.509. The van der Waals surface area contributed by atoms with Crippen LogP contribution in [0.4, 0.5) is 0 Å². The second-order valence-corrected chi connectivity index (χ2v) is 5.30. The zero-order valence-corrected chi connectivity index (χ0v) is 13.0. The summed E-state index contributed by atoms with van der Waals surface area (Å²) in [6.45, 7) is 1.24. The van der Waals surface area contributed by atoms with Crippen molar-refractivity contribution in [2.45, 2.75) is 13.0 Å². The lowest BCUT2D eigenvalue weighted by Gasteiger charge is -2.09. The highest BCUT2D eigenvalue weighted by Gasteiger charge is 2.02. The van der Waals surface area contributed by atoms with Gasteiger partial charge in [0.1, 0.15) is 11.5 Å². The molecule has 0 aliphatic rings. The Morgan fingerprint density at radius 2 is 1.75 bits per heavy atom. The molecule has 0 radical (unpaired) electrons. The van der Waals surface area contributed by atoms with Crippen molar-refractivity contribution in [2.24, 2.45) is 5.73 Å². The highest BCUT2D eigenvalue weighted by atomic mass is 79.9. The van der Waals surface area contributed by atoms with Gasteiger partial charge in [-0.15, -0.1) is 0 Å². The molecule has 0 fully saturated rings. The monoisotopic (exact) mass is 335 g/mol. The van der Waals surface area contributed by atoms with Crippen molar-refractivity contribution >= 4 is 15.9 Å². The summed E-state index contributed by atoms with van der Waals surface area (Å²) < 4.78 is 11.8. The Morgan fingerprint density at radius 3 is 2.35 bits per heavy atom. The molecule has 2 N–H and O–H groups in total. The van der Waals surface area contributed by atoms with Crippen molar-refractivity contribution in [3.05, 3.63) is 58.1 Å². The Kier molecular flexibility index (Phi) is 5.59. The van der Waals surface area contributed by atoms with Gasteiger partial charge in [0.25, 0.3) is 0 Å². The third kappa shape index (κ3) is 4.07. The molecule has 0 heterocycles. The van der Waals surface area contributed by atoms with E-state index in [1.54, 1.807) is 7.11 Å².